The molecule has 0 spiro atoms. The quantitative estimate of drug-likeness (QED) is 0.858. The van der Waals surface area contributed by atoms with Crippen molar-refractivity contribution in [2.75, 3.05) is 13.1 Å². The molecule has 2 rings (SSSR count). The minimum atomic E-state index is -0.368. The zero-order valence-electron chi connectivity index (χ0n) is 10.7. The topological polar surface area (TPSA) is 52.6 Å². The number of urea groups is 1. The molecule has 18 heavy (non-hydrogen) atoms. The normalized spacial score (nSPS) is 20.8. The summed E-state index contributed by atoms with van der Waals surface area (Å²) in [5, 5.41) is 12.5. The van der Waals surface area contributed by atoms with Crippen molar-refractivity contribution < 1.29 is 9.90 Å². The van der Waals surface area contributed by atoms with E-state index in [2.05, 4.69) is 12.2 Å². The average Bonchev–Trinajstić information content (AvgIpc) is 2.83. The number of hydrogen-bond donors (Lipinski definition) is 2. The summed E-state index contributed by atoms with van der Waals surface area (Å²) < 4.78 is 0. The predicted octanol–water partition coefficient (Wildman–Crippen LogP) is 1.91. The molecular weight excluding hydrogens is 228 g/mol. The van der Waals surface area contributed by atoms with Crippen LogP contribution in [-0.2, 0) is 0 Å². The van der Waals surface area contributed by atoms with Crippen LogP contribution in [0.3, 0.4) is 0 Å². The molecule has 1 fully saturated rings. The van der Waals surface area contributed by atoms with Gasteiger partial charge in [-0.15, -0.1) is 0 Å². The van der Waals surface area contributed by atoms with Crippen molar-refractivity contribution in [3.63, 3.8) is 0 Å². The Balaban J connectivity index is 1.96. The van der Waals surface area contributed by atoms with E-state index >= 15 is 0 Å². The molecule has 1 heterocycles. The maximum atomic E-state index is 12.0. The van der Waals surface area contributed by atoms with Crippen LogP contribution in [0.5, 0.6) is 0 Å². The number of β-amino-alcohol motifs (C(OH)–C–C–N with tert-alkyl or cyclic N) is 1. The molecule has 1 aromatic carbocycles. The lowest BCUT2D eigenvalue weighted by Crippen LogP contribution is -2.40. The zero-order valence-corrected chi connectivity index (χ0v) is 10.7. The minimum Gasteiger partial charge on any atom is -0.391 e. The zero-order chi connectivity index (χ0) is 13.0. The number of carbonyl (C=O) groups is 1. The first-order valence-corrected chi connectivity index (χ1v) is 6.49. The van der Waals surface area contributed by atoms with Crippen molar-refractivity contribution in [1.29, 1.82) is 0 Å². The molecular formula is C14H20N2O2. The van der Waals surface area contributed by atoms with Gasteiger partial charge in [0, 0.05) is 13.1 Å². The van der Waals surface area contributed by atoms with Crippen LogP contribution in [0.25, 0.3) is 0 Å². The third-order valence-electron chi connectivity index (χ3n) is 3.36. The van der Waals surface area contributed by atoms with Crippen molar-refractivity contribution in [3.8, 4) is 0 Å². The highest BCUT2D eigenvalue weighted by Crippen LogP contribution is 2.17. The van der Waals surface area contributed by atoms with Crippen LogP contribution in [0, 0.1) is 0 Å². The molecule has 2 N–H and O–H groups in total. The average molecular weight is 248 g/mol. The number of aliphatic hydroxyl groups excluding tert-OH is 1. The fraction of sp³-hybridized carbons (Fsp3) is 0.500. The summed E-state index contributed by atoms with van der Waals surface area (Å²) in [6.45, 7) is 3.13. The molecule has 0 aliphatic carbocycles. The summed E-state index contributed by atoms with van der Waals surface area (Å²) in [7, 11) is 0. The molecule has 0 bridgehead atoms. The summed E-state index contributed by atoms with van der Waals surface area (Å²) in [6.07, 6.45) is 1.16. The summed E-state index contributed by atoms with van der Waals surface area (Å²) >= 11 is 0. The van der Waals surface area contributed by atoms with Crippen LogP contribution in [0.4, 0.5) is 4.79 Å². The first-order valence-electron chi connectivity index (χ1n) is 6.49. The van der Waals surface area contributed by atoms with E-state index in [4.69, 9.17) is 0 Å². The van der Waals surface area contributed by atoms with Gasteiger partial charge in [-0.1, -0.05) is 37.3 Å². The SMILES string of the molecule is CC[C@@H](NC(=O)N1CC[C@@H](O)C1)c1ccccc1. The molecule has 1 aromatic rings. The molecule has 2 amide bonds. The third kappa shape index (κ3) is 3.01. The van der Waals surface area contributed by atoms with Gasteiger partial charge in [-0.25, -0.2) is 4.79 Å². The first-order chi connectivity index (χ1) is 8.70. The molecule has 1 saturated heterocycles. The second-order valence-corrected chi connectivity index (χ2v) is 4.71. The Hall–Kier alpha value is -1.55. The van der Waals surface area contributed by atoms with E-state index in [0.717, 1.165) is 12.0 Å². The van der Waals surface area contributed by atoms with Gasteiger partial charge in [-0.05, 0) is 18.4 Å². The second-order valence-electron chi connectivity index (χ2n) is 4.71. The van der Waals surface area contributed by atoms with E-state index < -0.39 is 0 Å². The summed E-state index contributed by atoms with van der Waals surface area (Å²) in [4.78, 5) is 13.7. The molecule has 0 unspecified atom stereocenters. The molecule has 4 heteroatoms. The standard InChI is InChI=1S/C14H20N2O2/c1-2-13(11-6-4-3-5-7-11)15-14(18)16-9-8-12(17)10-16/h3-7,12-13,17H,2,8-10H2,1H3,(H,15,18)/t12-,13-/m1/s1. The lowest BCUT2D eigenvalue weighted by Gasteiger charge is -2.22. The Kier molecular flexibility index (Phi) is 4.20. The van der Waals surface area contributed by atoms with Gasteiger partial charge in [0.05, 0.1) is 12.1 Å². The predicted molar refractivity (Wildman–Crippen MR) is 70.2 cm³/mol. The van der Waals surface area contributed by atoms with Gasteiger partial charge in [-0.2, -0.15) is 0 Å². The van der Waals surface area contributed by atoms with E-state index in [-0.39, 0.29) is 18.2 Å². The highest BCUT2D eigenvalue weighted by Gasteiger charge is 2.25. The lowest BCUT2D eigenvalue weighted by atomic mass is 10.1. The van der Waals surface area contributed by atoms with Gasteiger partial charge in [0.1, 0.15) is 0 Å². The van der Waals surface area contributed by atoms with Crippen LogP contribution in [0.2, 0.25) is 0 Å². The largest absolute Gasteiger partial charge is 0.391 e. The van der Waals surface area contributed by atoms with Crippen LogP contribution >= 0.6 is 0 Å². The summed E-state index contributed by atoms with van der Waals surface area (Å²) in [6, 6.07) is 9.92. The van der Waals surface area contributed by atoms with Gasteiger partial charge in [0.25, 0.3) is 0 Å². The highest BCUT2D eigenvalue weighted by molar-refractivity contribution is 5.75. The number of carbonyl (C=O) groups excluding carboxylic acids is 1. The molecule has 2 atom stereocenters. The van der Waals surface area contributed by atoms with Gasteiger partial charge in [0.2, 0.25) is 0 Å². The van der Waals surface area contributed by atoms with E-state index in [9.17, 15) is 9.90 Å². The highest BCUT2D eigenvalue weighted by atomic mass is 16.3. The Morgan fingerprint density at radius 3 is 2.78 bits per heavy atom. The van der Waals surface area contributed by atoms with Crippen molar-refractivity contribution in [2.24, 2.45) is 0 Å². The van der Waals surface area contributed by atoms with Crippen LogP contribution in [0.15, 0.2) is 30.3 Å². The van der Waals surface area contributed by atoms with Gasteiger partial charge >= 0.3 is 6.03 Å². The third-order valence-corrected chi connectivity index (χ3v) is 3.36. The summed E-state index contributed by atoms with van der Waals surface area (Å²) in [5.74, 6) is 0. The van der Waals surface area contributed by atoms with E-state index in [1.165, 1.54) is 0 Å². The fourth-order valence-corrected chi connectivity index (χ4v) is 2.27. The Labute approximate surface area is 108 Å². The molecule has 4 nitrogen and oxygen atoms in total. The van der Waals surface area contributed by atoms with Crippen molar-refractivity contribution in [1.82, 2.24) is 10.2 Å². The minimum absolute atomic E-state index is 0.0384. The van der Waals surface area contributed by atoms with Crippen molar-refractivity contribution in [3.05, 3.63) is 35.9 Å². The Morgan fingerprint density at radius 1 is 1.50 bits per heavy atom. The van der Waals surface area contributed by atoms with Gasteiger partial charge < -0.3 is 15.3 Å². The number of amides is 2. The smallest absolute Gasteiger partial charge is 0.317 e. The monoisotopic (exact) mass is 248 g/mol. The first kappa shape index (κ1) is 12.9. The summed E-state index contributed by atoms with van der Waals surface area (Å²) in [5.41, 5.74) is 1.12. The maximum Gasteiger partial charge on any atom is 0.317 e. The second kappa shape index (κ2) is 5.87. The van der Waals surface area contributed by atoms with Crippen LogP contribution < -0.4 is 5.32 Å². The van der Waals surface area contributed by atoms with E-state index in [1.807, 2.05) is 30.3 Å². The number of hydrogen-bond acceptors (Lipinski definition) is 2. The molecule has 0 saturated carbocycles. The number of nitrogens with zero attached hydrogens (tertiary/aromatic N) is 1. The molecule has 1 aliphatic heterocycles. The Bertz CT molecular complexity index is 394. The van der Waals surface area contributed by atoms with Crippen molar-refractivity contribution in [2.45, 2.75) is 31.9 Å². The maximum absolute atomic E-state index is 12.0. The number of rotatable bonds is 3. The lowest BCUT2D eigenvalue weighted by molar-refractivity contribution is 0.170. The van der Waals surface area contributed by atoms with E-state index in [1.54, 1.807) is 4.90 Å². The fourth-order valence-electron chi connectivity index (χ4n) is 2.27. The van der Waals surface area contributed by atoms with E-state index in [0.29, 0.717) is 19.5 Å². The van der Waals surface area contributed by atoms with Gasteiger partial charge in [-0.3, -0.25) is 0 Å². The molecule has 0 aromatic heterocycles. The molecule has 1 aliphatic rings. The Morgan fingerprint density at radius 2 is 2.22 bits per heavy atom. The van der Waals surface area contributed by atoms with Crippen LogP contribution in [-0.4, -0.2) is 35.2 Å². The van der Waals surface area contributed by atoms with Crippen molar-refractivity contribution >= 4 is 6.03 Å². The number of benzene rings is 1. The number of nitrogens with one attached hydrogen (secondary N) is 1. The number of aliphatic hydroxyl groups is 1. The number of likely N-dealkylation sites (tertiary alicyclic amines) is 1. The molecule has 98 valence electrons. The molecule has 0 radical (unpaired) electrons. The van der Waals surface area contributed by atoms with Crippen LogP contribution in [0.1, 0.15) is 31.4 Å². The van der Waals surface area contributed by atoms with Gasteiger partial charge in [0.15, 0.2) is 0 Å².